The fourth-order valence-corrected chi connectivity index (χ4v) is 7.78. The predicted octanol–water partition coefficient (Wildman–Crippen LogP) is 1.74. The number of nitrogens with zero attached hydrogens (tertiary/aromatic N) is 3. The zero-order valence-electron chi connectivity index (χ0n) is 23.2. The number of hydrogen-bond donors (Lipinski definition) is 2. The van der Waals surface area contributed by atoms with Gasteiger partial charge in [-0.25, -0.2) is 21.6 Å². The molecule has 1 aliphatic carbocycles. The van der Waals surface area contributed by atoms with Gasteiger partial charge in [-0.15, -0.1) is 0 Å². The molecule has 0 spiro atoms. The van der Waals surface area contributed by atoms with Gasteiger partial charge in [-0.2, -0.15) is 17.5 Å². The first kappa shape index (κ1) is 33.0. The third kappa shape index (κ3) is 7.41. The molecule has 3 aliphatic rings. The summed E-state index contributed by atoms with van der Waals surface area (Å²) in [5, 5.41) is 10.1. The Hall–Kier alpha value is -1.92. The molecule has 2 aliphatic heterocycles. The Morgan fingerprint density at radius 2 is 1.79 bits per heavy atom. The first-order valence-corrected chi connectivity index (χ1v) is 17.1. The Morgan fingerprint density at radius 3 is 2.40 bits per heavy atom. The van der Waals surface area contributed by atoms with Crippen LogP contribution in [0.15, 0.2) is 47.4 Å². The average molecular weight is 653 g/mol. The summed E-state index contributed by atoms with van der Waals surface area (Å²) in [6.45, 7) is 2.69. The normalized spacial score (nSPS) is 24.9. The van der Waals surface area contributed by atoms with Crippen molar-refractivity contribution in [3.8, 4) is 0 Å². The highest BCUT2D eigenvalue weighted by atomic mass is 32.2. The minimum atomic E-state index is -4.87. The zero-order chi connectivity index (χ0) is 30.9. The van der Waals surface area contributed by atoms with Crippen molar-refractivity contribution in [3.05, 3.63) is 53.0 Å². The Balaban J connectivity index is 1.63. The van der Waals surface area contributed by atoms with Gasteiger partial charge in [0, 0.05) is 62.3 Å². The standard InChI is InChI=1S/C26H35F3N4O6S3/c1-25(34,26(27,28)29)19-7-9-20(10-8-19)33-12-11-32(42(37,38)24-6-4-3-5-23(24)40)17-22(33)16-31-13-14-39-18-21(31)15-30-41(2,35)36/h3-4,6-10,21-22,30,34H,5,11-18H2,1-2H3/t21-,22-,25-/m0/s1. The number of aliphatic hydroxyl groups is 1. The molecule has 234 valence electrons. The number of piperazine rings is 1. The number of rotatable bonds is 9. The van der Waals surface area contributed by atoms with Crippen LogP contribution in [0.4, 0.5) is 18.9 Å². The summed E-state index contributed by atoms with van der Waals surface area (Å²) in [5.41, 5.74) is -2.79. The van der Waals surface area contributed by atoms with E-state index in [0.29, 0.717) is 43.6 Å². The molecule has 0 radical (unpaired) electrons. The second-order valence-electron chi connectivity index (χ2n) is 10.8. The summed E-state index contributed by atoms with van der Waals surface area (Å²) in [7, 11) is -7.38. The molecule has 0 aromatic heterocycles. The van der Waals surface area contributed by atoms with Crippen molar-refractivity contribution in [3.63, 3.8) is 0 Å². The van der Waals surface area contributed by atoms with Gasteiger partial charge in [-0.1, -0.05) is 36.5 Å². The molecule has 0 amide bonds. The molecule has 0 bridgehead atoms. The predicted molar refractivity (Wildman–Crippen MR) is 157 cm³/mol. The molecule has 10 nitrogen and oxygen atoms in total. The molecule has 0 saturated carbocycles. The molecule has 2 N–H and O–H groups in total. The van der Waals surface area contributed by atoms with E-state index in [1.807, 2.05) is 9.80 Å². The van der Waals surface area contributed by atoms with E-state index in [4.69, 9.17) is 17.0 Å². The zero-order valence-corrected chi connectivity index (χ0v) is 25.7. The minimum absolute atomic E-state index is 0.0671. The van der Waals surface area contributed by atoms with Crippen LogP contribution in [-0.2, 0) is 30.4 Å². The van der Waals surface area contributed by atoms with Crippen LogP contribution in [0.1, 0.15) is 18.9 Å². The maximum absolute atomic E-state index is 13.6. The highest BCUT2D eigenvalue weighted by Crippen LogP contribution is 2.39. The van der Waals surface area contributed by atoms with E-state index < -0.39 is 37.9 Å². The number of hydrogen-bond acceptors (Lipinski definition) is 9. The Bertz CT molecular complexity index is 1430. The van der Waals surface area contributed by atoms with E-state index in [2.05, 4.69) is 4.72 Å². The van der Waals surface area contributed by atoms with Crippen LogP contribution in [0.3, 0.4) is 0 Å². The van der Waals surface area contributed by atoms with Gasteiger partial charge in [0.1, 0.15) is 0 Å². The van der Waals surface area contributed by atoms with Crippen LogP contribution >= 0.6 is 12.2 Å². The van der Waals surface area contributed by atoms with Gasteiger partial charge in [0.25, 0.3) is 0 Å². The fraction of sp³-hybridized carbons (Fsp3) is 0.577. The van der Waals surface area contributed by atoms with Gasteiger partial charge in [0.15, 0.2) is 5.60 Å². The summed E-state index contributed by atoms with van der Waals surface area (Å²) >= 11 is 5.33. The van der Waals surface area contributed by atoms with Crippen molar-refractivity contribution in [2.45, 2.75) is 37.2 Å². The Morgan fingerprint density at radius 1 is 1.10 bits per heavy atom. The van der Waals surface area contributed by atoms with Crippen molar-refractivity contribution in [2.75, 3.05) is 63.6 Å². The van der Waals surface area contributed by atoms with E-state index >= 15 is 0 Å². The van der Waals surface area contributed by atoms with Crippen LogP contribution in [0.25, 0.3) is 0 Å². The van der Waals surface area contributed by atoms with Gasteiger partial charge in [-0.3, -0.25) is 4.90 Å². The number of alkyl halides is 3. The molecular weight excluding hydrogens is 618 g/mol. The van der Waals surface area contributed by atoms with Crippen LogP contribution in [0.5, 0.6) is 0 Å². The highest BCUT2D eigenvalue weighted by Gasteiger charge is 2.51. The number of allylic oxidation sites excluding steroid dienone is 4. The topological polar surface area (TPSA) is 119 Å². The third-order valence-corrected chi connectivity index (χ3v) is 10.9. The number of thiocarbonyl (C=S) groups is 1. The highest BCUT2D eigenvalue weighted by molar-refractivity contribution is 7.96. The smallest absolute Gasteiger partial charge is 0.378 e. The maximum Gasteiger partial charge on any atom is 0.421 e. The minimum Gasteiger partial charge on any atom is -0.378 e. The van der Waals surface area contributed by atoms with E-state index in [1.165, 1.54) is 34.6 Å². The van der Waals surface area contributed by atoms with Gasteiger partial charge in [0.2, 0.25) is 20.0 Å². The Labute approximate surface area is 249 Å². The summed E-state index contributed by atoms with van der Waals surface area (Å²) in [5.74, 6) is 0. The SMILES string of the molecule is C[C@](O)(c1ccc(N2CCN(S(=O)(=O)C3=CC=CCC3=S)C[C@@H]2CN2CCOC[C@@H]2CNS(C)(=O)=O)cc1)C(F)(F)F. The van der Waals surface area contributed by atoms with E-state index in [9.17, 15) is 35.1 Å². The molecule has 16 heteroatoms. The second kappa shape index (κ2) is 12.6. The molecule has 1 aromatic rings. The molecule has 4 rings (SSSR count). The fourth-order valence-electron chi connectivity index (χ4n) is 5.21. The molecule has 0 unspecified atom stereocenters. The largest absolute Gasteiger partial charge is 0.421 e. The maximum atomic E-state index is 13.6. The molecule has 2 saturated heterocycles. The number of benzene rings is 1. The molecule has 42 heavy (non-hydrogen) atoms. The van der Waals surface area contributed by atoms with Gasteiger partial charge in [-0.05, 0) is 30.7 Å². The lowest BCUT2D eigenvalue weighted by Crippen LogP contribution is -2.61. The first-order chi connectivity index (χ1) is 19.5. The van der Waals surface area contributed by atoms with Crippen molar-refractivity contribution < 1.29 is 39.9 Å². The van der Waals surface area contributed by atoms with Crippen molar-refractivity contribution >= 4 is 42.8 Å². The number of nitrogens with one attached hydrogen (secondary N) is 1. The third-order valence-electron chi connectivity index (χ3n) is 7.71. The summed E-state index contributed by atoms with van der Waals surface area (Å²) in [6.07, 6.45) is 1.47. The number of morpholine rings is 1. The summed E-state index contributed by atoms with van der Waals surface area (Å²) in [4.78, 5) is 4.37. The lowest BCUT2D eigenvalue weighted by Gasteiger charge is -2.46. The number of anilines is 1. The summed E-state index contributed by atoms with van der Waals surface area (Å²) < 4.78 is 100. The van der Waals surface area contributed by atoms with Crippen molar-refractivity contribution in [1.29, 1.82) is 0 Å². The van der Waals surface area contributed by atoms with Crippen molar-refractivity contribution in [1.82, 2.24) is 13.9 Å². The molecule has 1 aromatic carbocycles. The second-order valence-corrected chi connectivity index (χ2v) is 15.0. The lowest BCUT2D eigenvalue weighted by molar-refractivity contribution is -0.258. The van der Waals surface area contributed by atoms with E-state index in [0.717, 1.165) is 6.26 Å². The van der Waals surface area contributed by atoms with Gasteiger partial charge < -0.3 is 14.7 Å². The number of sulfonamides is 2. The number of ether oxygens (including phenoxy) is 1. The molecule has 3 atom stereocenters. The van der Waals surface area contributed by atoms with Gasteiger partial charge >= 0.3 is 6.18 Å². The Kier molecular flexibility index (Phi) is 9.89. The number of halogens is 3. The van der Waals surface area contributed by atoms with Crippen LogP contribution in [-0.4, -0.2) is 113 Å². The first-order valence-electron chi connectivity index (χ1n) is 13.3. The van der Waals surface area contributed by atoms with Crippen LogP contribution in [0.2, 0.25) is 0 Å². The van der Waals surface area contributed by atoms with E-state index in [-0.39, 0.29) is 49.3 Å². The van der Waals surface area contributed by atoms with Crippen LogP contribution in [0, 0.1) is 0 Å². The molecule has 2 fully saturated rings. The van der Waals surface area contributed by atoms with Gasteiger partial charge in [0.05, 0.1) is 30.4 Å². The lowest BCUT2D eigenvalue weighted by atomic mass is 9.95. The van der Waals surface area contributed by atoms with Crippen molar-refractivity contribution in [2.24, 2.45) is 0 Å². The molecular formula is C26H35F3N4O6S3. The average Bonchev–Trinajstić information content (AvgIpc) is 2.92. The summed E-state index contributed by atoms with van der Waals surface area (Å²) in [6, 6.07) is 4.64. The monoisotopic (exact) mass is 652 g/mol. The van der Waals surface area contributed by atoms with E-state index in [1.54, 1.807) is 12.2 Å². The quantitative estimate of drug-likeness (QED) is 0.385. The van der Waals surface area contributed by atoms with Crippen LogP contribution < -0.4 is 9.62 Å². The molecule has 2 heterocycles.